The van der Waals surface area contributed by atoms with Crippen molar-refractivity contribution in [1.29, 1.82) is 0 Å². The number of likely N-dealkylation sites (N-methyl/N-ethyl adjacent to an activating group) is 1. The number of nitrogens with one attached hydrogen (secondary N) is 1. The molecule has 0 bridgehead atoms. The Hall–Kier alpha value is -3.30. The minimum atomic E-state index is -3.98. The van der Waals surface area contributed by atoms with Crippen molar-refractivity contribution in [2.45, 2.75) is 44.7 Å². The Morgan fingerprint density at radius 2 is 1.62 bits per heavy atom. The standard InChI is InChI=1S/C28H34FN3O4S/c1-5-26(28(34)30-17-20(2)3)32(18-21-10-13-24(29)14-11-21)27(33)19-31(4)37(35,36)25-15-12-22-8-6-7-9-23(22)16-25/h6-16,20,26H,5,17-19H2,1-4H3,(H,30,34). The predicted octanol–water partition coefficient (Wildman–Crippen LogP) is 4.18. The third-order valence-electron chi connectivity index (χ3n) is 6.12. The van der Waals surface area contributed by atoms with E-state index in [-0.39, 0.29) is 23.3 Å². The minimum absolute atomic E-state index is 0.0383. The van der Waals surface area contributed by atoms with Crippen molar-refractivity contribution in [3.63, 3.8) is 0 Å². The van der Waals surface area contributed by atoms with Crippen LogP contribution in [0.4, 0.5) is 4.39 Å². The molecule has 1 N–H and O–H groups in total. The second-order valence-electron chi connectivity index (χ2n) is 9.48. The first-order valence-electron chi connectivity index (χ1n) is 12.3. The lowest BCUT2D eigenvalue weighted by Crippen LogP contribution is -2.52. The van der Waals surface area contributed by atoms with E-state index in [4.69, 9.17) is 0 Å². The summed E-state index contributed by atoms with van der Waals surface area (Å²) in [4.78, 5) is 28.0. The number of halogens is 1. The molecule has 7 nitrogen and oxygen atoms in total. The number of amides is 2. The average Bonchev–Trinajstić information content (AvgIpc) is 2.87. The van der Waals surface area contributed by atoms with Crippen LogP contribution >= 0.6 is 0 Å². The van der Waals surface area contributed by atoms with Gasteiger partial charge in [-0.15, -0.1) is 0 Å². The highest BCUT2D eigenvalue weighted by molar-refractivity contribution is 7.89. The van der Waals surface area contributed by atoms with Crippen LogP contribution < -0.4 is 5.32 Å². The smallest absolute Gasteiger partial charge is 0.243 e. The Bertz CT molecular complexity index is 1340. The molecular formula is C28H34FN3O4S. The van der Waals surface area contributed by atoms with E-state index < -0.39 is 34.3 Å². The van der Waals surface area contributed by atoms with Crippen LogP contribution in [0.25, 0.3) is 10.8 Å². The molecule has 2 amide bonds. The number of benzene rings is 3. The van der Waals surface area contributed by atoms with Crippen LogP contribution in [0.2, 0.25) is 0 Å². The van der Waals surface area contributed by atoms with Gasteiger partial charge in [-0.1, -0.05) is 63.2 Å². The lowest BCUT2D eigenvalue weighted by Gasteiger charge is -2.32. The van der Waals surface area contributed by atoms with E-state index >= 15 is 0 Å². The first kappa shape index (κ1) is 28.3. The molecule has 0 aromatic heterocycles. The Kier molecular flexibility index (Phi) is 9.39. The van der Waals surface area contributed by atoms with E-state index in [1.54, 1.807) is 31.2 Å². The summed E-state index contributed by atoms with van der Waals surface area (Å²) in [5, 5.41) is 4.54. The summed E-state index contributed by atoms with van der Waals surface area (Å²) in [7, 11) is -2.63. The molecule has 0 spiro atoms. The molecule has 37 heavy (non-hydrogen) atoms. The SMILES string of the molecule is CCC(C(=O)NCC(C)C)N(Cc1ccc(F)cc1)C(=O)CN(C)S(=O)(=O)c1ccc2ccccc2c1. The van der Waals surface area contributed by atoms with Crippen molar-refractivity contribution in [1.82, 2.24) is 14.5 Å². The average molecular weight is 528 g/mol. The van der Waals surface area contributed by atoms with Crippen LogP contribution in [0.3, 0.4) is 0 Å². The fourth-order valence-corrected chi connectivity index (χ4v) is 5.16. The number of hydrogen-bond donors (Lipinski definition) is 1. The zero-order chi connectivity index (χ0) is 27.2. The molecule has 0 aliphatic heterocycles. The highest BCUT2D eigenvalue weighted by Gasteiger charge is 2.32. The van der Waals surface area contributed by atoms with Gasteiger partial charge in [-0.25, -0.2) is 12.8 Å². The van der Waals surface area contributed by atoms with Crippen LogP contribution in [0.15, 0.2) is 71.6 Å². The maximum atomic E-state index is 13.5. The largest absolute Gasteiger partial charge is 0.354 e. The fourth-order valence-electron chi connectivity index (χ4n) is 4.00. The zero-order valence-electron chi connectivity index (χ0n) is 21.6. The van der Waals surface area contributed by atoms with E-state index in [9.17, 15) is 22.4 Å². The number of sulfonamides is 1. The number of carbonyl (C=O) groups excluding carboxylic acids is 2. The molecule has 0 aliphatic rings. The summed E-state index contributed by atoms with van der Waals surface area (Å²) >= 11 is 0. The molecule has 0 fully saturated rings. The second kappa shape index (κ2) is 12.3. The van der Waals surface area contributed by atoms with Crippen LogP contribution in [0, 0.1) is 11.7 Å². The van der Waals surface area contributed by atoms with E-state index in [0.717, 1.165) is 15.1 Å². The normalized spacial score (nSPS) is 12.6. The molecule has 0 saturated heterocycles. The van der Waals surface area contributed by atoms with Gasteiger partial charge in [0.05, 0.1) is 11.4 Å². The molecule has 198 valence electrons. The van der Waals surface area contributed by atoms with Gasteiger partial charge < -0.3 is 10.2 Å². The third-order valence-corrected chi connectivity index (χ3v) is 7.92. The summed E-state index contributed by atoms with van der Waals surface area (Å²) in [6.45, 7) is 5.76. The first-order valence-corrected chi connectivity index (χ1v) is 13.7. The topological polar surface area (TPSA) is 86.8 Å². The number of fused-ring (bicyclic) bond motifs is 1. The monoisotopic (exact) mass is 527 g/mol. The molecule has 0 saturated carbocycles. The molecule has 1 unspecified atom stereocenters. The summed E-state index contributed by atoms with van der Waals surface area (Å²) in [5.74, 6) is -1.03. The summed E-state index contributed by atoms with van der Waals surface area (Å²) in [6.07, 6.45) is 0.331. The Morgan fingerprint density at radius 1 is 0.973 bits per heavy atom. The Labute approximate surface area is 218 Å². The zero-order valence-corrected chi connectivity index (χ0v) is 22.5. The molecular weight excluding hydrogens is 493 g/mol. The van der Waals surface area contributed by atoms with Crippen molar-refractivity contribution in [3.05, 3.63) is 78.1 Å². The minimum Gasteiger partial charge on any atom is -0.354 e. The van der Waals surface area contributed by atoms with Gasteiger partial charge in [0.15, 0.2) is 0 Å². The van der Waals surface area contributed by atoms with Crippen molar-refractivity contribution < 1.29 is 22.4 Å². The molecule has 3 rings (SSSR count). The van der Waals surface area contributed by atoms with E-state index in [1.165, 1.54) is 30.1 Å². The van der Waals surface area contributed by atoms with Crippen molar-refractivity contribution in [3.8, 4) is 0 Å². The second-order valence-corrected chi connectivity index (χ2v) is 11.5. The Balaban J connectivity index is 1.86. The van der Waals surface area contributed by atoms with Gasteiger partial charge in [-0.05, 0) is 52.9 Å². The van der Waals surface area contributed by atoms with E-state index in [2.05, 4.69) is 5.32 Å². The van der Waals surface area contributed by atoms with Gasteiger partial charge in [0.1, 0.15) is 11.9 Å². The maximum Gasteiger partial charge on any atom is 0.243 e. The van der Waals surface area contributed by atoms with E-state index in [1.807, 2.05) is 38.1 Å². The lowest BCUT2D eigenvalue weighted by molar-refractivity contribution is -0.141. The number of carbonyl (C=O) groups is 2. The Morgan fingerprint density at radius 3 is 2.24 bits per heavy atom. The van der Waals surface area contributed by atoms with Gasteiger partial charge in [-0.3, -0.25) is 9.59 Å². The third kappa shape index (κ3) is 7.14. The lowest BCUT2D eigenvalue weighted by atomic mass is 10.1. The molecule has 0 aliphatic carbocycles. The van der Waals surface area contributed by atoms with Gasteiger partial charge >= 0.3 is 0 Å². The van der Waals surface area contributed by atoms with Gasteiger partial charge in [0.25, 0.3) is 0 Å². The summed E-state index contributed by atoms with van der Waals surface area (Å²) in [5.41, 5.74) is 0.630. The number of nitrogens with zero attached hydrogens (tertiary/aromatic N) is 2. The first-order chi connectivity index (χ1) is 17.5. The van der Waals surface area contributed by atoms with Crippen molar-refractivity contribution in [2.24, 2.45) is 5.92 Å². The van der Waals surface area contributed by atoms with E-state index in [0.29, 0.717) is 18.5 Å². The summed E-state index contributed by atoms with van der Waals surface area (Å²) in [6, 6.07) is 17.1. The molecule has 0 radical (unpaired) electrons. The molecule has 1 atom stereocenters. The quantitative estimate of drug-likeness (QED) is 0.405. The van der Waals surface area contributed by atoms with Crippen molar-refractivity contribution >= 4 is 32.6 Å². The van der Waals surface area contributed by atoms with Gasteiger partial charge in [-0.2, -0.15) is 4.31 Å². The number of hydrogen-bond acceptors (Lipinski definition) is 4. The van der Waals surface area contributed by atoms with Crippen LogP contribution in [-0.4, -0.2) is 55.6 Å². The maximum absolute atomic E-state index is 13.5. The summed E-state index contributed by atoms with van der Waals surface area (Å²) < 4.78 is 41.1. The molecule has 0 heterocycles. The molecule has 3 aromatic carbocycles. The predicted molar refractivity (Wildman–Crippen MR) is 143 cm³/mol. The fraction of sp³-hybridized carbons (Fsp3) is 0.357. The highest BCUT2D eigenvalue weighted by Crippen LogP contribution is 2.22. The molecule has 3 aromatic rings. The highest BCUT2D eigenvalue weighted by atomic mass is 32.2. The van der Waals surface area contributed by atoms with Crippen LogP contribution in [0.5, 0.6) is 0 Å². The number of rotatable bonds is 11. The van der Waals surface area contributed by atoms with Crippen LogP contribution in [0.1, 0.15) is 32.8 Å². The van der Waals surface area contributed by atoms with Crippen molar-refractivity contribution in [2.75, 3.05) is 20.1 Å². The van der Waals surface area contributed by atoms with Gasteiger partial charge in [0, 0.05) is 20.1 Å². The van der Waals surface area contributed by atoms with Gasteiger partial charge in [0.2, 0.25) is 21.8 Å². The van der Waals surface area contributed by atoms with Crippen LogP contribution in [-0.2, 0) is 26.2 Å². The molecule has 9 heteroatoms.